The molecule has 0 radical (unpaired) electrons. The van der Waals surface area contributed by atoms with Crippen LogP contribution in [0.2, 0.25) is 0 Å². The first-order chi connectivity index (χ1) is 34.3. The molecule has 18 N–H and O–H groups in total. The maximum Gasteiger partial charge on any atom is 0.370 e. The molecule has 5 heterocycles. The first kappa shape index (κ1) is 59.7. The van der Waals surface area contributed by atoms with Gasteiger partial charge in [0.05, 0.1) is 67.0 Å². The number of amidine groups is 1. The molecule has 0 spiro atoms. The van der Waals surface area contributed by atoms with E-state index in [9.17, 15) is 70.6 Å². The number of nitrogens with zero attached hydrogens (tertiary/aromatic N) is 1. The van der Waals surface area contributed by atoms with Crippen molar-refractivity contribution in [3.8, 4) is 0 Å². The van der Waals surface area contributed by atoms with Crippen molar-refractivity contribution in [2.45, 2.75) is 200 Å². The average molecular weight is 1050 g/mol. The lowest BCUT2D eigenvalue weighted by molar-refractivity contribution is -0.308. The summed E-state index contributed by atoms with van der Waals surface area (Å²) in [6, 6.07) is -2.53. The lowest BCUT2D eigenvalue weighted by atomic mass is 9.83. The summed E-state index contributed by atoms with van der Waals surface area (Å²) in [4.78, 5) is 39.0. The fourth-order valence-electron chi connectivity index (χ4n) is 9.03. The third-order valence-electron chi connectivity index (χ3n) is 13.2. The van der Waals surface area contributed by atoms with Gasteiger partial charge in [-0.2, -0.15) is 0 Å². The molecule has 0 aromatic heterocycles. The van der Waals surface area contributed by atoms with Crippen LogP contribution < -0.4 is 17.2 Å². The molecular weight excluding hydrogens is 973 g/mol. The third-order valence-corrected chi connectivity index (χ3v) is 13.2. The minimum Gasteiger partial charge on any atom is -0.481 e. The summed E-state index contributed by atoms with van der Waals surface area (Å²) in [6.45, 7) is 4.93. The van der Waals surface area contributed by atoms with Crippen molar-refractivity contribution >= 4 is 23.7 Å². The number of hydrogen-bond donors (Lipinski definition) is 15. The van der Waals surface area contributed by atoms with Crippen molar-refractivity contribution in [3.05, 3.63) is 60.8 Å². The normalized spacial score (nSPS) is 47.4. The molecular formula is C47H72N4O22. The number of ether oxygens (including phenoxy) is 7. The zero-order valence-electron chi connectivity index (χ0n) is 40.4. The van der Waals surface area contributed by atoms with E-state index in [0.717, 1.165) is 0 Å². The lowest BCUT2D eigenvalue weighted by Gasteiger charge is -2.45. The maximum absolute atomic E-state index is 12.3. The highest BCUT2D eigenvalue weighted by atomic mass is 16.7. The summed E-state index contributed by atoms with van der Waals surface area (Å²) in [5.41, 5.74) is 17.2. The quantitative estimate of drug-likeness (QED) is 0.0517. The van der Waals surface area contributed by atoms with Crippen LogP contribution in [0.3, 0.4) is 0 Å². The molecule has 0 amide bonds. The van der Waals surface area contributed by atoms with E-state index >= 15 is 0 Å². The Morgan fingerprint density at radius 2 is 1.33 bits per heavy atom. The minimum atomic E-state index is -2.10. The number of aliphatic hydroxyl groups is 10. The minimum absolute atomic E-state index is 0.0789. The maximum atomic E-state index is 12.3. The van der Waals surface area contributed by atoms with Crippen molar-refractivity contribution in [3.63, 3.8) is 0 Å². The van der Waals surface area contributed by atoms with E-state index in [1.54, 1.807) is 63.3 Å². The van der Waals surface area contributed by atoms with Gasteiger partial charge in [0.15, 0.2) is 18.4 Å². The van der Waals surface area contributed by atoms with Crippen LogP contribution in [-0.2, 0) is 47.5 Å². The number of esters is 1. The molecule has 2 bridgehead atoms. The van der Waals surface area contributed by atoms with Gasteiger partial charge in [0.25, 0.3) is 0 Å². The molecule has 4 saturated heterocycles. The largest absolute Gasteiger partial charge is 0.481 e. The molecule has 26 heteroatoms. The number of rotatable bonds is 6. The number of aliphatic imine (C=N–C) groups is 1. The Bertz CT molecular complexity index is 2010. The van der Waals surface area contributed by atoms with Gasteiger partial charge in [-0.1, -0.05) is 48.6 Å². The number of aliphatic hydroxyl groups excluding tert-OH is 9. The van der Waals surface area contributed by atoms with Crippen molar-refractivity contribution in [2.24, 2.45) is 28.1 Å². The van der Waals surface area contributed by atoms with Crippen LogP contribution in [0.4, 0.5) is 0 Å². The number of carbonyl (C=O) groups is 3. The van der Waals surface area contributed by atoms with Crippen LogP contribution in [0.5, 0.6) is 0 Å². The summed E-state index contributed by atoms with van der Waals surface area (Å²) < 4.78 is 39.5. The second-order valence-electron chi connectivity index (χ2n) is 19.1. The zero-order valence-corrected chi connectivity index (χ0v) is 40.4. The van der Waals surface area contributed by atoms with E-state index in [4.69, 9.17) is 55.5 Å². The monoisotopic (exact) mass is 1040 g/mol. The Kier molecular flexibility index (Phi) is 21.7. The lowest BCUT2D eigenvalue weighted by Crippen LogP contribution is -2.66. The van der Waals surface area contributed by atoms with Gasteiger partial charge in [-0.15, -0.1) is 0 Å². The molecule has 2 unspecified atom stereocenters. The first-order valence-electron chi connectivity index (χ1n) is 24.0. The van der Waals surface area contributed by atoms with E-state index in [2.05, 4.69) is 4.99 Å². The number of cyclic esters (lactones) is 1. The van der Waals surface area contributed by atoms with Crippen LogP contribution in [0.15, 0.2) is 65.8 Å². The van der Waals surface area contributed by atoms with Crippen molar-refractivity contribution in [1.29, 1.82) is 0 Å². The molecule has 5 fully saturated rings. The van der Waals surface area contributed by atoms with Gasteiger partial charge in [-0.3, -0.25) is 9.79 Å². The third kappa shape index (κ3) is 16.4. The Morgan fingerprint density at radius 1 is 0.712 bits per heavy atom. The zero-order chi connectivity index (χ0) is 54.1. The van der Waals surface area contributed by atoms with Crippen molar-refractivity contribution in [2.75, 3.05) is 0 Å². The highest BCUT2D eigenvalue weighted by Gasteiger charge is 2.53. The molecule has 24 atom stereocenters. The van der Waals surface area contributed by atoms with Gasteiger partial charge < -0.3 is 112 Å². The van der Waals surface area contributed by atoms with Crippen LogP contribution in [0.25, 0.3) is 0 Å². The standard InChI is InChI=1S/C33H47NO13.C14H25N3O9/c1-18-10-8-6-4-3-5-7-9-11-21(45-32-30(39)28(34)29(38)19(2)44-32)15-25-27(31(40)41)22(36)17-33(42,47-25)16-20(35)14-24-23(46-24)12-13-26(37)43-18;1-3-5(17-12(16)13(23)24)2-4(15)14(25-3)26-11-9(21)7(19)6(18)8(20)10(11)22/h3-9,11-13,18-25,27-30,32,35-36,38-39,42H,10,14-17,34H2,1-2H3,(H,40,41);3-11,14,18-22H,2,15H2,1H3,(H2,16,17)(H,23,24)/b4-3-,7-5+,8-6+,11-9+,13-12+;/t18-,19-,20+,21+,22+,23-,24-,25+,27-,28+,29-,30+,32+,33-;3-,4+,5+,6?,7+,8+,9-,10+,11?,14-/m11/s1. The van der Waals surface area contributed by atoms with Gasteiger partial charge in [0.2, 0.25) is 5.84 Å². The predicted octanol–water partition coefficient (Wildman–Crippen LogP) is -4.42. The van der Waals surface area contributed by atoms with Crippen LogP contribution in [0, 0.1) is 5.92 Å². The summed E-state index contributed by atoms with van der Waals surface area (Å²) in [6.07, 6.45) is -6.42. The second-order valence-corrected chi connectivity index (χ2v) is 19.1. The number of fused-ring (bicyclic) bond motifs is 3. The summed E-state index contributed by atoms with van der Waals surface area (Å²) in [5, 5.41) is 122. The van der Waals surface area contributed by atoms with Crippen LogP contribution >= 0.6 is 0 Å². The topological polar surface area (TPSA) is 452 Å². The van der Waals surface area contributed by atoms with Gasteiger partial charge in [0, 0.05) is 38.2 Å². The molecule has 412 valence electrons. The first-order valence-corrected chi connectivity index (χ1v) is 24.0. The fourth-order valence-corrected chi connectivity index (χ4v) is 9.03. The van der Waals surface area contributed by atoms with E-state index in [1.165, 1.54) is 12.2 Å². The van der Waals surface area contributed by atoms with Crippen molar-refractivity contribution < 1.29 is 109 Å². The molecule has 6 rings (SSSR count). The highest BCUT2D eigenvalue weighted by molar-refractivity contribution is 6.33. The Labute approximate surface area is 420 Å². The van der Waals surface area contributed by atoms with Gasteiger partial charge in [0.1, 0.15) is 60.9 Å². The predicted molar refractivity (Wildman–Crippen MR) is 250 cm³/mol. The summed E-state index contributed by atoms with van der Waals surface area (Å²) in [5.74, 6) is -7.41. The molecule has 1 aliphatic carbocycles. The van der Waals surface area contributed by atoms with Gasteiger partial charge in [-0.25, -0.2) is 9.59 Å². The number of hydrogen-bond acceptors (Lipinski definition) is 23. The van der Waals surface area contributed by atoms with Gasteiger partial charge in [-0.05, 0) is 33.3 Å². The number of nitrogens with two attached hydrogens (primary N) is 3. The molecule has 0 aromatic rings. The SMILES string of the molecule is C[C@@H]1C/C=C/C=C\C=C\C=C\[C@H](O[C@@H]2O[C@H](C)[C@@H](O)[C@H](N)[C@@H]2O)C[C@@H]2O[C@](O)(C[C@@H](O)C[C@H]3O[C@@H]3/C=C/C(=O)O1)C[C@H](O)[C@H]2C(=O)O.C[C@H]1O[C@H](OC2[C@@H](O)[C@@H](O)C(O)[C@H](O)[C@H]2O)[C@@H](N)C[C@@H]1N=C(N)C(=O)O. The number of carboxylic acids is 2. The molecule has 26 nitrogen and oxygen atoms in total. The van der Waals surface area contributed by atoms with E-state index in [-0.39, 0.29) is 31.8 Å². The Hall–Kier alpha value is -4.14. The number of carbonyl (C=O) groups excluding carboxylic acids is 1. The molecule has 73 heavy (non-hydrogen) atoms. The smallest absolute Gasteiger partial charge is 0.370 e. The van der Waals surface area contributed by atoms with Crippen molar-refractivity contribution in [1.82, 2.24) is 0 Å². The summed E-state index contributed by atoms with van der Waals surface area (Å²) >= 11 is 0. The summed E-state index contributed by atoms with van der Waals surface area (Å²) in [7, 11) is 0. The average Bonchev–Trinajstić information content (AvgIpc) is 4.06. The second kappa shape index (κ2) is 26.6. The number of carboxylic acid groups (broad SMARTS) is 2. The Morgan fingerprint density at radius 3 is 1.97 bits per heavy atom. The van der Waals surface area contributed by atoms with E-state index in [0.29, 0.717) is 6.42 Å². The van der Waals surface area contributed by atoms with Crippen LogP contribution in [0.1, 0.15) is 59.3 Å². The van der Waals surface area contributed by atoms with Gasteiger partial charge >= 0.3 is 17.9 Å². The number of allylic oxidation sites excluding steroid dienone is 6. The number of aliphatic carboxylic acids is 2. The molecule has 6 aliphatic rings. The number of epoxide rings is 1. The fraction of sp³-hybridized carbons (Fsp3) is 0.702. The molecule has 1 saturated carbocycles. The highest BCUT2D eigenvalue weighted by Crippen LogP contribution is 2.39. The van der Waals surface area contributed by atoms with E-state index in [1.807, 2.05) is 6.08 Å². The molecule has 0 aromatic carbocycles. The van der Waals surface area contributed by atoms with E-state index < -0.39 is 170 Å². The van der Waals surface area contributed by atoms with Crippen LogP contribution in [-0.4, -0.2) is 225 Å². The molecule has 5 aliphatic heterocycles. The Balaban J connectivity index is 0.000000321.